The van der Waals surface area contributed by atoms with Gasteiger partial charge in [-0.15, -0.1) is 6.42 Å². The molecule has 0 aromatic heterocycles. The maximum absolute atomic E-state index is 13.0. The van der Waals surface area contributed by atoms with Crippen LogP contribution in [0.4, 0.5) is 30.2 Å². The lowest BCUT2D eigenvalue weighted by Crippen LogP contribution is -2.38. The topological polar surface area (TPSA) is 97.0 Å². The Morgan fingerprint density at radius 2 is 1.95 bits per heavy atom. The van der Waals surface area contributed by atoms with E-state index in [1.807, 2.05) is 0 Å². The summed E-state index contributed by atoms with van der Waals surface area (Å²) in [6.07, 6.45) is 5.50. The van der Waals surface area contributed by atoms with Gasteiger partial charge < -0.3 is 20.3 Å². The van der Waals surface area contributed by atoms with Crippen molar-refractivity contribution in [1.82, 2.24) is 0 Å². The van der Waals surface area contributed by atoms with Gasteiger partial charge in [0, 0.05) is 34.7 Å². The fourth-order valence-corrected chi connectivity index (χ4v) is 5.36. The molecule has 206 valence electrons. The van der Waals surface area contributed by atoms with Gasteiger partial charge in [0.15, 0.2) is 0 Å². The molecule has 2 aliphatic rings. The number of methoxy groups -OCH3 is 1. The van der Waals surface area contributed by atoms with Gasteiger partial charge in [0.25, 0.3) is 11.1 Å². The van der Waals surface area contributed by atoms with E-state index in [0.717, 1.165) is 5.69 Å². The minimum absolute atomic E-state index is 0.112. The number of nitrogens with one attached hydrogen (secondary N) is 2. The lowest BCUT2D eigenvalue weighted by Gasteiger charge is -2.39. The first kappa shape index (κ1) is 28.4. The van der Waals surface area contributed by atoms with Crippen molar-refractivity contribution in [2.24, 2.45) is 0 Å². The van der Waals surface area contributed by atoms with Gasteiger partial charge in [-0.3, -0.25) is 8.98 Å². The van der Waals surface area contributed by atoms with Crippen molar-refractivity contribution >= 4 is 50.5 Å². The number of benzene rings is 2. The summed E-state index contributed by atoms with van der Waals surface area (Å²) >= 11 is 4.98. The summed E-state index contributed by atoms with van der Waals surface area (Å²) in [4.78, 5) is 14.7. The van der Waals surface area contributed by atoms with Crippen LogP contribution in [0.25, 0.3) is 0 Å². The van der Waals surface area contributed by atoms with E-state index in [9.17, 15) is 26.4 Å². The highest BCUT2D eigenvalue weighted by molar-refractivity contribution is 7.87. The summed E-state index contributed by atoms with van der Waals surface area (Å²) < 4.78 is 72.3. The largest absolute Gasteiger partial charge is 0.523 e. The number of carbonyl (C=O) groups excluding carboxylic acids is 1. The molecular weight excluding hydrogens is 555 g/mol. The second kappa shape index (κ2) is 11.3. The third-order valence-corrected chi connectivity index (χ3v) is 7.63. The number of hydrogen-bond acceptors (Lipinski definition) is 7. The van der Waals surface area contributed by atoms with Crippen LogP contribution >= 0.6 is 12.2 Å². The van der Waals surface area contributed by atoms with Crippen LogP contribution in [0.15, 0.2) is 53.7 Å². The van der Waals surface area contributed by atoms with E-state index in [1.54, 1.807) is 47.4 Å². The number of allylic oxidation sites excluding steroid dienone is 1. The first-order valence-electron chi connectivity index (χ1n) is 11.8. The fraction of sp³-hybridized carbons (Fsp3) is 0.308. The minimum Gasteiger partial charge on any atom is -0.474 e. The van der Waals surface area contributed by atoms with Gasteiger partial charge in [0.05, 0.1) is 13.7 Å². The minimum atomic E-state index is -5.79. The van der Waals surface area contributed by atoms with Crippen molar-refractivity contribution in [2.45, 2.75) is 37.3 Å². The van der Waals surface area contributed by atoms with Crippen LogP contribution in [0.5, 0.6) is 0 Å². The molecule has 2 aromatic carbocycles. The number of carbonyl (C=O) groups is 1. The Labute approximate surface area is 229 Å². The molecular formula is C26H24F3N3O5S2. The zero-order chi connectivity index (χ0) is 28.4. The fourth-order valence-electron chi connectivity index (χ4n) is 4.61. The quantitative estimate of drug-likeness (QED) is 0.215. The van der Waals surface area contributed by atoms with Crippen LogP contribution in [0.1, 0.15) is 35.2 Å². The maximum Gasteiger partial charge on any atom is 0.523 e. The average molecular weight is 580 g/mol. The van der Waals surface area contributed by atoms with Gasteiger partial charge in [-0.05, 0) is 79.0 Å². The first-order valence-corrected chi connectivity index (χ1v) is 13.6. The van der Waals surface area contributed by atoms with E-state index in [4.69, 9.17) is 23.4 Å². The van der Waals surface area contributed by atoms with E-state index in [1.165, 1.54) is 7.11 Å². The second-order valence-corrected chi connectivity index (χ2v) is 10.7. The predicted molar refractivity (Wildman–Crippen MR) is 145 cm³/mol. The highest BCUT2D eigenvalue weighted by Gasteiger charge is 2.49. The Balaban J connectivity index is 1.61. The molecule has 0 fully saturated rings. The summed E-state index contributed by atoms with van der Waals surface area (Å²) in [5.41, 5.74) is -1.74. The zero-order valence-corrected chi connectivity index (χ0v) is 22.3. The highest BCUT2D eigenvalue weighted by Crippen LogP contribution is 2.43. The molecule has 39 heavy (non-hydrogen) atoms. The smallest absolute Gasteiger partial charge is 0.474 e. The number of nitrogens with zero attached hydrogens (tertiary/aromatic N) is 1. The highest BCUT2D eigenvalue weighted by atomic mass is 32.2. The average Bonchev–Trinajstić information content (AvgIpc) is 2.88. The Kier molecular flexibility index (Phi) is 8.20. The molecule has 0 radical (unpaired) electrons. The summed E-state index contributed by atoms with van der Waals surface area (Å²) in [5, 5.41) is 5.79. The summed E-state index contributed by atoms with van der Waals surface area (Å²) in [6, 6.07) is 11.7. The van der Waals surface area contributed by atoms with E-state index in [-0.39, 0.29) is 24.6 Å². The molecule has 1 aliphatic heterocycles. The lowest BCUT2D eigenvalue weighted by molar-refractivity contribution is -0.0567. The van der Waals surface area contributed by atoms with E-state index in [0.29, 0.717) is 46.6 Å². The molecule has 1 amide bonds. The standard InChI is InChI=1S/C26H24F3N3O5S2/c1-3-12-32-21-11-10-19(30-24(33)16-6-4-7-18(13-16)31-25(38)36-2)14-17(21)15-20-22(32)8-5-9-23(20)37-39(34,35)26(27,28)29/h1,4,6-7,10-11,13-14,23H,5,8-9,12,15H2,2H3,(H,30,33)(H,31,38). The Morgan fingerprint density at radius 1 is 1.21 bits per heavy atom. The van der Waals surface area contributed by atoms with E-state index < -0.39 is 27.6 Å². The van der Waals surface area contributed by atoms with Crippen LogP contribution in [-0.2, 0) is 25.5 Å². The second-order valence-electron chi connectivity index (χ2n) is 8.81. The third kappa shape index (κ3) is 6.19. The van der Waals surface area contributed by atoms with Crippen LogP contribution in [0, 0.1) is 12.3 Å². The van der Waals surface area contributed by atoms with Gasteiger partial charge in [0.2, 0.25) is 0 Å². The molecule has 13 heteroatoms. The first-order chi connectivity index (χ1) is 18.4. The van der Waals surface area contributed by atoms with Crippen molar-refractivity contribution < 1.29 is 35.3 Å². The SMILES string of the molecule is C#CCN1C2=C(Cc3cc(NC(=O)c4cccc(NC(=S)OC)c4)ccc31)C(OS(=O)(=O)C(F)(F)F)CCC2. The Hall–Kier alpha value is -3.60. The molecule has 2 aromatic rings. The number of amides is 1. The molecule has 2 N–H and O–H groups in total. The number of alkyl halides is 3. The number of terminal acetylenes is 1. The number of halogens is 3. The van der Waals surface area contributed by atoms with Crippen LogP contribution in [0.2, 0.25) is 0 Å². The number of rotatable bonds is 6. The van der Waals surface area contributed by atoms with E-state index in [2.05, 4.69) is 20.7 Å². The van der Waals surface area contributed by atoms with Crippen LogP contribution < -0.4 is 15.5 Å². The number of thiocarbonyl (C=S) groups is 1. The Morgan fingerprint density at radius 3 is 2.64 bits per heavy atom. The Bertz CT molecular complexity index is 1480. The normalized spacial score (nSPS) is 17.0. The molecule has 1 heterocycles. The van der Waals surface area contributed by atoms with Gasteiger partial charge >= 0.3 is 15.6 Å². The molecule has 1 aliphatic carbocycles. The number of hydrogen-bond donors (Lipinski definition) is 2. The van der Waals surface area contributed by atoms with Crippen LogP contribution in [0.3, 0.4) is 0 Å². The zero-order valence-electron chi connectivity index (χ0n) is 20.7. The lowest BCUT2D eigenvalue weighted by atomic mass is 9.84. The van der Waals surface area contributed by atoms with Gasteiger partial charge in [-0.25, -0.2) is 0 Å². The monoisotopic (exact) mass is 579 g/mol. The number of ether oxygens (including phenoxy) is 1. The molecule has 1 atom stereocenters. The molecule has 0 spiro atoms. The van der Waals surface area contributed by atoms with Gasteiger partial charge in [-0.2, -0.15) is 21.6 Å². The summed E-state index contributed by atoms with van der Waals surface area (Å²) in [5.74, 6) is 2.14. The third-order valence-electron chi connectivity index (χ3n) is 6.31. The summed E-state index contributed by atoms with van der Waals surface area (Å²) in [6.45, 7) is 0.124. The number of fused-ring (bicyclic) bond motifs is 1. The van der Waals surface area contributed by atoms with Crippen molar-refractivity contribution in [3.8, 4) is 12.3 Å². The van der Waals surface area contributed by atoms with Gasteiger partial charge in [0.1, 0.15) is 6.10 Å². The molecule has 0 saturated heterocycles. The molecule has 4 rings (SSSR count). The molecule has 0 bridgehead atoms. The van der Waals surface area contributed by atoms with Gasteiger partial charge in [-0.1, -0.05) is 12.0 Å². The van der Waals surface area contributed by atoms with Crippen molar-refractivity contribution in [2.75, 3.05) is 29.2 Å². The maximum atomic E-state index is 13.0. The van der Waals surface area contributed by atoms with Crippen molar-refractivity contribution in [1.29, 1.82) is 0 Å². The molecule has 0 saturated carbocycles. The van der Waals surface area contributed by atoms with Crippen molar-refractivity contribution in [3.63, 3.8) is 0 Å². The van der Waals surface area contributed by atoms with E-state index >= 15 is 0 Å². The molecule has 8 nitrogen and oxygen atoms in total. The predicted octanol–water partition coefficient (Wildman–Crippen LogP) is 4.95. The molecule has 1 unspecified atom stereocenters. The summed E-state index contributed by atoms with van der Waals surface area (Å²) in [7, 11) is -4.37. The van der Waals surface area contributed by atoms with Crippen LogP contribution in [-0.4, -0.2) is 44.8 Å². The number of anilines is 3. The van der Waals surface area contributed by atoms with Crippen molar-refractivity contribution in [3.05, 3.63) is 64.9 Å².